The molecule has 1 atom stereocenters. The van der Waals surface area contributed by atoms with Gasteiger partial charge in [0.15, 0.2) is 0 Å². The van der Waals surface area contributed by atoms with E-state index in [2.05, 4.69) is 6.92 Å². The fourth-order valence-electron chi connectivity index (χ4n) is 4.16. The molecule has 0 amide bonds. The minimum atomic E-state index is -5.02. The van der Waals surface area contributed by atoms with Crippen LogP contribution in [0.2, 0.25) is 0 Å². The Morgan fingerprint density at radius 3 is 1.21 bits per heavy atom. The van der Waals surface area contributed by atoms with Crippen molar-refractivity contribution in [3.8, 4) is 0 Å². The molecule has 0 saturated heterocycles. The molecule has 0 aromatic carbocycles. The average Bonchev–Trinajstić information content (AvgIpc) is 2.70. The van der Waals surface area contributed by atoms with E-state index in [0.29, 0.717) is 6.42 Å². The van der Waals surface area contributed by atoms with E-state index in [1.54, 1.807) is 0 Å². The summed E-state index contributed by atoms with van der Waals surface area (Å²) in [5, 5.41) is 18.1. The minimum absolute atomic E-state index is 0. The molecule has 0 bridgehead atoms. The van der Waals surface area contributed by atoms with Crippen LogP contribution in [0.3, 0.4) is 0 Å². The van der Waals surface area contributed by atoms with Gasteiger partial charge in [-0.1, -0.05) is 122 Å². The van der Waals surface area contributed by atoms with Crippen LogP contribution >= 0.6 is 0 Å². The predicted molar refractivity (Wildman–Crippen MR) is 129 cm³/mol. The summed E-state index contributed by atoms with van der Waals surface area (Å²) in [5.41, 5.74) is 0. The Balaban J connectivity index is -0.00000480. The first-order valence-corrected chi connectivity index (χ1v) is 14.0. The number of aliphatic carboxylic acids is 2. The molecule has 0 aromatic heterocycles. The monoisotopic (exact) mass is 502 g/mol. The largest absolute Gasteiger partial charge is 1.00 e. The van der Waals surface area contributed by atoms with Crippen LogP contribution in [0.5, 0.6) is 0 Å². The van der Waals surface area contributed by atoms with Gasteiger partial charge in [0.05, 0.1) is 6.42 Å². The molecule has 0 saturated carbocycles. The number of rotatable bonds is 23. The Kier molecular flexibility index (Phi) is 22.5. The summed E-state index contributed by atoms with van der Waals surface area (Å²) in [6.07, 6.45) is 19.4. The quantitative estimate of drug-likeness (QED) is 0.110. The van der Waals surface area contributed by atoms with Gasteiger partial charge < -0.3 is 11.6 Å². The van der Waals surface area contributed by atoms with Crippen LogP contribution in [0, 0.1) is 0 Å². The van der Waals surface area contributed by atoms with Gasteiger partial charge in [0.1, 0.15) is 0 Å². The van der Waals surface area contributed by atoms with Crippen molar-refractivity contribution >= 4 is 22.1 Å². The number of carboxylic acids is 2. The van der Waals surface area contributed by atoms with Crippen molar-refractivity contribution in [2.45, 2.75) is 140 Å². The molecule has 1 unspecified atom stereocenters. The second kappa shape index (κ2) is 21.2. The molecule has 3 N–H and O–H groups in total. The summed E-state index contributed by atoms with van der Waals surface area (Å²) in [6, 6.07) is 0. The second-order valence-corrected chi connectivity index (χ2v) is 10.8. The van der Waals surface area contributed by atoms with Gasteiger partial charge >= 0.3 is 41.5 Å². The molecule has 0 aromatic rings. The van der Waals surface area contributed by atoms with Gasteiger partial charge in [0, 0.05) is 0 Å². The molecule has 9 heteroatoms. The van der Waals surface area contributed by atoms with E-state index in [0.717, 1.165) is 19.3 Å². The Morgan fingerprint density at radius 1 is 0.667 bits per heavy atom. The maximum absolute atomic E-state index is 11.6. The molecule has 0 aliphatic carbocycles. The van der Waals surface area contributed by atoms with E-state index in [-0.39, 0.29) is 37.4 Å². The Bertz CT molecular complexity index is 616. The van der Waals surface area contributed by atoms with E-state index >= 15 is 0 Å². The van der Waals surface area contributed by atoms with Gasteiger partial charge in [0.2, 0.25) is 4.75 Å². The second-order valence-electron chi connectivity index (χ2n) is 9.11. The van der Waals surface area contributed by atoms with Gasteiger partial charge in [-0.15, -0.1) is 0 Å². The number of carbonyl (C=O) groups is 2. The summed E-state index contributed by atoms with van der Waals surface area (Å²) in [4.78, 5) is 22.3. The smallest absolute Gasteiger partial charge is 1.00 e. The number of hydrogen-bond donors (Lipinski definition) is 3. The summed E-state index contributed by atoms with van der Waals surface area (Å²) in [6.45, 7) is 2.25. The molecule has 0 aliphatic heterocycles. The van der Waals surface area contributed by atoms with Crippen LogP contribution < -0.4 is 29.6 Å². The fourth-order valence-corrected chi connectivity index (χ4v) is 5.09. The Hall–Kier alpha value is -0.150. The normalized spacial score (nSPS) is 13.3. The molecule has 0 fully saturated rings. The third kappa shape index (κ3) is 17.0. The van der Waals surface area contributed by atoms with Crippen LogP contribution in [0.15, 0.2) is 0 Å². The average molecular weight is 503 g/mol. The van der Waals surface area contributed by atoms with E-state index in [1.807, 2.05) is 0 Å². The summed E-state index contributed by atoms with van der Waals surface area (Å²) >= 11 is 0. The molecule has 33 heavy (non-hydrogen) atoms. The molecule has 7 nitrogen and oxygen atoms in total. The third-order valence-corrected chi connectivity index (χ3v) is 7.77. The molecular formula is C24H47NaO7S. The predicted octanol–water partition coefficient (Wildman–Crippen LogP) is 3.72. The van der Waals surface area contributed by atoms with Crippen molar-refractivity contribution in [2.24, 2.45) is 0 Å². The van der Waals surface area contributed by atoms with Crippen LogP contribution in [-0.2, 0) is 19.7 Å². The topological polar surface area (TPSA) is 129 Å². The fraction of sp³-hybridized carbons (Fsp3) is 0.917. The molecule has 0 heterocycles. The van der Waals surface area contributed by atoms with Crippen LogP contribution in [0.1, 0.15) is 137 Å². The van der Waals surface area contributed by atoms with Gasteiger partial charge in [-0.2, -0.15) is 8.42 Å². The number of carboxylic acid groups (broad SMARTS) is 2. The first-order chi connectivity index (χ1) is 15.2. The zero-order valence-electron chi connectivity index (χ0n) is 22.0. The van der Waals surface area contributed by atoms with Crippen LogP contribution in [0.25, 0.3) is 0 Å². The summed E-state index contributed by atoms with van der Waals surface area (Å²) in [7, 11) is -5.02. The Morgan fingerprint density at radius 2 is 0.970 bits per heavy atom. The van der Waals surface area contributed by atoms with Crippen molar-refractivity contribution < 1.29 is 63.8 Å². The number of unbranched alkanes of at least 4 members (excludes halogenated alkanes) is 17. The third-order valence-electron chi connectivity index (χ3n) is 6.25. The number of hydrogen-bond acceptors (Lipinski definition) is 4. The minimum Gasteiger partial charge on any atom is -1.00 e. The van der Waals surface area contributed by atoms with Crippen molar-refractivity contribution in [2.75, 3.05) is 0 Å². The van der Waals surface area contributed by atoms with Gasteiger partial charge in [-0.25, -0.2) is 0 Å². The summed E-state index contributed by atoms with van der Waals surface area (Å²) in [5.74, 6) is -3.37. The summed E-state index contributed by atoms with van der Waals surface area (Å²) < 4.78 is 29.8. The molecule has 0 aliphatic rings. The molecule has 192 valence electrons. The first kappa shape index (κ1) is 35.0. The van der Waals surface area contributed by atoms with E-state index < -0.39 is 39.6 Å². The maximum Gasteiger partial charge on any atom is 1.00 e. The zero-order valence-corrected chi connectivity index (χ0v) is 23.8. The van der Waals surface area contributed by atoms with E-state index in [4.69, 9.17) is 5.11 Å². The van der Waals surface area contributed by atoms with E-state index in [1.165, 1.54) is 83.5 Å². The van der Waals surface area contributed by atoms with Crippen LogP contribution in [-0.4, -0.2) is 39.9 Å². The first-order valence-electron chi connectivity index (χ1n) is 12.6. The maximum atomic E-state index is 11.6. The van der Waals surface area contributed by atoms with Crippen LogP contribution in [0.4, 0.5) is 0 Å². The molecule has 0 spiro atoms. The van der Waals surface area contributed by atoms with Crippen molar-refractivity contribution in [1.82, 2.24) is 0 Å². The van der Waals surface area contributed by atoms with Crippen molar-refractivity contribution in [3.05, 3.63) is 0 Å². The molecule has 0 radical (unpaired) electrons. The SMILES string of the molecule is CCCCCCCCCCCCCCCCCCCCC(CC(=O)O)(C(=O)O)S(=O)(=O)O.[H-].[Na+]. The van der Waals surface area contributed by atoms with Gasteiger partial charge in [-0.05, 0) is 6.42 Å². The van der Waals surface area contributed by atoms with E-state index in [9.17, 15) is 27.7 Å². The zero-order chi connectivity index (χ0) is 24.3. The van der Waals surface area contributed by atoms with Crippen molar-refractivity contribution in [1.29, 1.82) is 0 Å². The Labute approximate surface area is 225 Å². The standard InChI is InChI=1S/C24H46O7S.Na.H/c1-2-3-4-5-6-7-8-9-10-11-12-13-14-15-16-17-18-19-20-24(23(27)28,21-22(25)26)32(29,30)31;;/h2-21H2,1H3,(H,25,26)(H,27,28)(H,29,30,31);;/q;+1;-1. The van der Waals surface area contributed by atoms with Gasteiger partial charge in [0.25, 0.3) is 10.1 Å². The van der Waals surface area contributed by atoms with Gasteiger partial charge in [-0.3, -0.25) is 14.1 Å². The molecular weight excluding hydrogens is 455 g/mol. The molecule has 0 rings (SSSR count). The van der Waals surface area contributed by atoms with Crippen molar-refractivity contribution in [3.63, 3.8) is 0 Å².